The van der Waals surface area contributed by atoms with Crippen molar-refractivity contribution in [1.29, 1.82) is 0 Å². The van der Waals surface area contributed by atoms with E-state index in [1.807, 2.05) is 0 Å². The first-order valence-electron chi connectivity index (χ1n) is 5.01. The highest BCUT2D eigenvalue weighted by Gasteiger charge is 2.10. The monoisotopic (exact) mass is 246 g/mol. The van der Waals surface area contributed by atoms with Crippen molar-refractivity contribution in [1.82, 2.24) is 0 Å². The maximum Gasteiger partial charge on any atom is 0.204 e. The number of phenols is 1. The van der Waals surface area contributed by atoms with Crippen LogP contribution in [0.5, 0.6) is 5.75 Å². The lowest BCUT2D eigenvalue weighted by molar-refractivity contribution is 0.480. The fourth-order valence-electron chi connectivity index (χ4n) is 1.85. The predicted molar refractivity (Wildman–Crippen MR) is 66.7 cm³/mol. The van der Waals surface area contributed by atoms with Gasteiger partial charge in [-0.1, -0.05) is 17.7 Å². The highest BCUT2D eigenvalue weighted by Crippen LogP contribution is 2.26. The third kappa shape index (κ3) is 1.47. The number of fused-ring (bicyclic) bond motifs is 2. The number of benzene rings is 2. The largest absolute Gasteiger partial charge is 0.507 e. The summed E-state index contributed by atoms with van der Waals surface area (Å²) in [5.41, 5.74) is 0.546. The van der Waals surface area contributed by atoms with Gasteiger partial charge < -0.3 is 9.52 Å². The summed E-state index contributed by atoms with van der Waals surface area (Å²) in [7, 11) is 0. The van der Waals surface area contributed by atoms with Gasteiger partial charge >= 0.3 is 0 Å². The van der Waals surface area contributed by atoms with E-state index in [1.165, 1.54) is 12.1 Å². The van der Waals surface area contributed by atoms with Gasteiger partial charge in [-0.3, -0.25) is 4.79 Å². The second-order valence-corrected chi connectivity index (χ2v) is 4.16. The molecule has 1 N–H and O–H groups in total. The van der Waals surface area contributed by atoms with Crippen molar-refractivity contribution in [3.63, 3.8) is 0 Å². The zero-order chi connectivity index (χ0) is 12.0. The van der Waals surface area contributed by atoms with E-state index >= 15 is 0 Å². The van der Waals surface area contributed by atoms with E-state index in [2.05, 4.69) is 0 Å². The summed E-state index contributed by atoms with van der Waals surface area (Å²) in [6, 6.07) is 9.56. The SMILES string of the molecule is O=c1c2cc(Cl)ccc2oc2cccc(O)c12. The molecule has 3 rings (SSSR count). The van der Waals surface area contributed by atoms with E-state index in [-0.39, 0.29) is 16.6 Å². The molecule has 1 aromatic heterocycles. The molecule has 0 aliphatic carbocycles. The van der Waals surface area contributed by atoms with Gasteiger partial charge in [0.15, 0.2) is 0 Å². The number of hydrogen-bond acceptors (Lipinski definition) is 3. The molecular weight excluding hydrogens is 240 g/mol. The molecule has 0 bridgehead atoms. The van der Waals surface area contributed by atoms with E-state index in [9.17, 15) is 9.90 Å². The van der Waals surface area contributed by atoms with Gasteiger partial charge in [0, 0.05) is 5.02 Å². The molecule has 0 fully saturated rings. The van der Waals surface area contributed by atoms with Crippen molar-refractivity contribution in [3.05, 3.63) is 51.6 Å². The summed E-state index contributed by atoms with van der Waals surface area (Å²) in [6.07, 6.45) is 0. The molecule has 2 aromatic carbocycles. The van der Waals surface area contributed by atoms with E-state index in [0.29, 0.717) is 21.6 Å². The van der Waals surface area contributed by atoms with Gasteiger partial charge in [-0.05, 0) is 30.3 Å². The van der Waals surface area contributed by atoms with Crippen LogP contribution in [0.25, 0.3) is 21.9 Å². The van der Waals surface area contributed by atoms with E-state index in [0.717, 1.165) is 0 Å². The minimum atomic E-state index is -0.276. The van der Waals surface area contributed by atoms with Crippen LogP contribution in [-0.2, 0) is 0 Å². The third-order valence-corrected chi connectivity index (χ3v) is 2.87. The van der Waals surface area contributed by atoms with Gasteiger partial charge in [-0.15, -0.1) is 0 Å². The van der Waals surface area contributed by atoms with Crippen LogP contribution in [0.15, 0.2) is 45.6 Å². The molecule has 1 heterocycles. The Morgan fingerprint density at radius 3 is 2.76 bits per heavy atom. The summed E-state index contributed by atoms with van der Waals surface area (Å²) >= 11 is 5.84. The van der Waals surface area contributed by atoms with Crippen molar-refractivity contribution in [2.75, 3.05) is 0 Å². The zero-order valence-corrected chi connectivity index (χ0v) is 9.36. The average Bonchev–Trinajstić information content (AvgIpc) is 2.30. The van der Waals surface area contributed by atoms with Gasteiger partial charge in [0.2, 0.25) is 5.43 Å². The first-order valence-corrected chi connectivity index (χ1v) is 5.38. The number of hydrogen-bond donors (Lipinski definition) is 1. The minimum absolute atomic E-state index is 0.0851. The minimum Gasteiger partial charge on any atom is -0.507 e. The van der Waals surface area contributed by atoms with Crippen LogP contribution in [0.3, 0.4) is 0 Å². The van der Waals surface area contributed by atoms with Crippen LogP contribution in [0.2, 0.25) is 5.02 Å². The smallest absolute Gasteiger partial charge is 0.204 e. The Balaban J connectivity index is 2.63. The lowest BCUT2D eigenvalue weighted by atomic mass is 10.1. The maximum atomic E-state index is 12.2. The van der Waals surface area contributed by atoms with Crippen molar-refractivity contribution >= 4 is 33.5 Å². The Morgan fingerprint density at radius 2 is 1.94 bits per heavy atom. The fraction of sp³-hybridized carbons (Fsp3) is 0. The number of phenolic OH excluding ortho intramolecular Hbond substituents is 1. The van der Waals surface area contributed by atoms with Gasteiger partial charge in [0.25, 0.3) is 0 Å². The average molecular weight is 247 g/mol. The lowest BCUT2D eigenvalue weighted by Gasteiger charge is -2.02. The molecule has 0 unspecified atom stereocenters. The normalized spacial score (nSPS) is 11.1. The number of rotatable bonds is 0. The quantitative estimate of drug-likeness (QED) is 0.619. The first-order chi connectivity index (χ1) is 8.16. The highest BCUT2D eigenvalue weighted by molar-refractivity contribution is 6.31. The molecule has 0 aliphatic heterocycles. The van der Waals surface area contributed by atoms with Crippen LogP contribution in [0, 0.1) is 0 Å². The van der Waals surface area contributed by atoms with Crippen molar-refractivity contribution in [2.24, 2.45) is 0 Å². The van der Waals surface area contributed by atoms with E-state index in [1.54, 1.807) is 24.3 Å². The van der Waals surface area contributed by atoms with Gasteiger partial charge in [-0.25, -0.2) is 0 Å². The number of aromatic hydroxyl groups is 1. The molecule has 4 heteroatoms. The Bertz CT molecular complexity index is 790. The molecular formula is C13H7ClO3. The molecule has 3 aromatic rings. The molecule has 84 valence electrons. The fourth-order valence-corrected chi connectivity index (χ4v) is 2.03. The molecule has 0 amide bonds. The Morgan fingerprint density at radius 1 is 1.12 bits per heavy atom. The van der Waals surface area contributed by atoms with Gasteiger partial charge in [-0.2, -0.15) is 0 Å². The van der Waals surface area contributed by atoms with Crippen LogP contribution in [-0.4, -0.2) is 5.11 Å². The standard InChI is InChI=1S/C13H7ClO3/c14-7-4-5-10-8(6-7)13(16)12-9(15)2-1-3-11(12)17-10/h1-6,15H. The zero-order valence-electron chi connectivity index (χ0n) is 8.61. The maximum absolute atomic E-state index is 12.2. The Kier molecular flexibility index (Phi) is 2.09. The second kappa shape index (κ2) is 3.50. The molecule has 0 atom stereocenters. The molecule has 0 saturated carbocycles. The van der Waals surface area contributed by atoms with Gasteiger partial charge in [0.1, 0.15) is 22.3 Å². The molecule has 0 spiro atoms. The number of halogens is 1. The predicted octanol–water partition coefficient (Wildman–Crippen LogP) is 3.31. The van der Waals surface area contributed by atoms with Crippen LogP contribution in [0.1, 0.15) is 0 Å². The second-order valence-electron chi connectivity index (χ2n) is 3.72. The summed E-state index contributed by atoms with van der Waals surface area (Å²) in [6.45, 7) is 0. The van der Waals surface area contributed by atoms with E-state index in [4.69, 9.17) is 16.0 Å². The Hall–Kier alpha value is -2.00. The Labute approximate surface area is 101 Å². The molecule has 0 aliphatic rings. The molecule has 0 saturated heterocycles. The topological polar surface area (TPSA) is 50.4 Å². The summed E-state index contributed by atoms with van der Waals surface area (Å²) in [4.78, 5) is 12.2. The van der Waals surface area contributed by atoms with Crippen molar-refractivity contribution in [3.8, 4) is 5.75 Å². The van der Waals surface area contributed by atoms with E-state index < -0.39 is 0 Å². The van der Waals surface area contributed by atoms with Crippen LogP contribution in [0.4, 0.5) is 0 Å². The first kappa shape index (κ1) is 10.2. The molecule has 17 heavy (non-hydrogen) atoms. The van der Waals surface area contributed by atoms with Crippen molar-refractivity contribution in [2.45, 2.75) is 0 Å². The van der Waals surface area contributed by atoms with Crippen LogP contribution < -0.4 is 5.43 Å². The third-order valence-electron chi connectivity index (χ3n) is 2.64. The highest BCUT2D eigenvalue weighted by atomic mass is 35.5. The summed E-state index contributed by atoms with van der Waals surface area (Å²) in [5.74, 6) is -0.0851. The molecule has 3 nitrogen and oxygen atoms in total. The molecule has 0 radical (unpaired) electrons. The lowest BCUT2D eigenvalue weighted by Crippen LogP contribution is -2.02. The van der Waals surface area contributed by atoms with Crippen LogP contribution >= 0.6 is 11.6 Å². The summed E-state index contributed by atoms with van der Waals surface area (Å²) < 4.78 is 5.54. The van der Waals surface area contributed by atoms with Crippen molar-refractivity contribution < 1.29 is 9.52 Å². The summed E-state index contributed by atoms with van der Waals surface area (Å²) in [5, 5.41) is 10.7. The van der Waals surface area contributed by atoms with Gasteiger partial charge in [0.05, 0.1) is 5.39 Å².